The normalized spacial score (nSPS) is 16.0. The van der Waals surface area contributed by atoms with Gasteiger partial charge in [0.1, 0.15) is 5.82 Å². The summed E-state index contributed by atoms with van der Waals surface area (Å²) in [6.45, 7) is 3.95. The van der Waals surface area contributed by atoms with Crippen LogP contribution in [-0.2, 0) is 25.8 Å². The molecule has 21 heavy (non-hydrogen) atoms. The maximum absolute atomic E-state index is 12.8. The number of alkyl halides is 3. The number of hydrogen-bond acceptors (Lipinski definition) is 3. The van der Waals surface area contributed by atoms with E-state index in [1.165, 1.54) is 15.7 Å². The summed E-state index contributed by atoms with van der Waals surface area (Å²) in [5, 5.41) is 6.98. The summed E-state index contributed by atoms with van der Waals surface area (Å²) < 4.78 is 39.5. The summed E-state index contributed by atoms with van der Waals surface area (Å²) in [5.41, 5.74) is 2.36. The fraction of sp³-hybridized carbons (Fsp3) is 0.429. The lowest BCUT2D eigenvalue weighted by atomic mass is 10.1. The molecule has 1 aromatic carbocycles. The molecule has 0 saturated heterocycles. The Morgan fingerprint density at radius 3 is 2.62 bits per heavy atom. The molecule has 3 rings (SSSR count). The van der Waals surface area contributed by atoms with Crippen LogP contribution in [0.25, 0.3) is 0 Å². The molecule has 0 unspecified atom stereocenters. The van der Waals surface area contributed by atoms with Gasteiger partial charge in [-0.1, -0.05) is 24.3 Å². The number of aromatic nitrogens is 3. The summed E-state index contributed by atoms with van der Waals surface area (Å²) in [6.07, 6.45) is -4.44. The molecule has 1 aliphatic rings. The van der Waals surface area contributed by atoms with Gasteiger partial charge in [0.2, 0.25) is 5.82 Å². The van der Waals surface area contributed by atoms with Crippen LogP contribution in [0.15, 0.2) is 24.3 Å². The van der Waals surface area contributed by atoms with E-state index in [1.54, 1.807) is 0 Å². The van der Waals surface area contributed by atoms with Crippen molar-refractivity contribution in [3.8, 4) is 0 Å². The Labute approximate surface area is 120 Å². The van der Waals surface area contributed by atoms with E-state index in [1.807, 2.05) is 31.2 Å². The van der Waals surface area contributed by atoms with Gasteiger partial charge in [-0.2, -0.15) is 13.2 Å². The smallest absolute Gasteiger partial charge is 0.305 e. The third-order valence-corrected chi connectivity index (χ3v) is 3.74. The molecule has 1 aliphatic heterocycles. The van der Waals surface area contributed by atoms with Gasteiger partial charge < -0.3 is 4.57 Å². The van der Waals surface area contributed by atoms with Gasteiger partial charge in [-0.3, -0.25) is 4.90 Å². The largest absolute Gasteiger partial charge is 0.451 e. The van der Waals surface area contributed by atoms with E-state index in [4.69, 9.17) is 0 Å². The van der Waals surface area contributed by atoms with E-state index in [2.05, 4.69) is 15.1 Å². The Hall–Kier alpha value is -1.89. The minimum atomic E-state index is -4.44. The van der Waals surface area contributed by atoms with Crippen LogP contribution in [-0.4, -0.2) is 26.2 Å². The molecule has 0 bridgehead atoms. The summed E-state index contributed by atoms with van der Waals surface area (Å²) in [4.78, 5) is 2.09. The van der Waals surface area contributed by atoms with Gasteiger partial charge in [0.15, 0.2) is 0 Å². The molecule has 2 heterocycles. The predicted octanol–water partition coefficient (Wildman–Crippen LogP) is 2.62. The van der Waals surface area contributed by atoms with Crippen molar-refractivity contribution in [1.82, 2.24) is 19.7 Å². The average Bonchev–Trinajstić information content (AvgIpc) is 2.84. The minimum Gasteiger partial charge on any atom is -0.305 e. The molecule has 2 aromatic rings. The highest BCUT2D eigenvalue weighted by molar-refractivity contribution is 5.25. The molecule has 112 valence electrons. The number of rotatable bonds is 2. The van der Waals surface area contributed by atoms with E-state index >= 15 is 0 Å². The number of nitrogens with zero attached hydrogens (tertiary/aromatic N) is 4. The molecule has 0 spiro atoms. The molecule has 0 saturated carbocycles. The SMILES string of the molecule is Cc1ccccc1CN1CCn2c(nnc2C(F)(F)F)C1. The third-order valence-electron chi connectivity index (χ3n) is 3.74. The standard InChI is InChI=1S/C14H15F3N4/c1-10-4-2-3-5-11(10)8-20-6-7-21-12(9-20)18-19-13(21)14(15,16)17/h2-5H,6-9H2,1H3. The van der Waals surface area contributed by atoms with Crippen LogP contribution in [0.4, 0.5) is 13.2 Å². The van der Waals surface area contributed by atoms with Crippen molar-refractivity contribution in [2.75, 3.05) is 6.54 Å². The molecule has 0 aliphatic carbocycles. The second-order valence-corrected chi connectivity index (χ2v) is 5.23. The van der Waals surface area contributed by atoms with Crippen molar-refractivity contribution in [3.63, 3.8) is 0 Å². The lowest BCUT2D eigenvalue weighted by Gasteiger charge is -2.28. The van der Waals surface area contributed by atoms with E-state index in [-0.39, 0.29) is 6.54 Å². The molecule has 0 atom stereocenters. The average molecular weight is 296 g/mol. The molecule has 7 heteroatoms. The van der Waals surface area contributed by atoms with Crippen molar-refractivity contribution < 1.29 is 13.2 Å². The maximum atomic E-state index is 12.8. The zero-order valence-corrected chi connectivity index (χ0v) is 11.6. The Kier molecular flexibility index (Phi) is 3.44. The van der Waals surface area contributed by atoms with Gasteiger partial charge in [-0.25, -0.2) is 0 Å². The second kappa shape index (κ2) is 5.14. The molecule has 0 radical (unpaired) electrons. The number of halogens is 3. The predicted molar refractivity (Wildman–Crippen MR) is 70.3 cm³/mol. The summed E-state index contributed by atoms with van der Waals surface area (Å²) in [5.74, 6) is -0.518. The summed E-state index contributed by atoms with van der Waals surface area (Å²) in [7, 11) is 0. The zero-order chi connectivity index (χ0) is 15.0. The number of benzene rings is 1. The van der Waals surface area contributed by atoms with Gasteiger partial charge in [0, 0.05) is 19.6 Å². The maximum Gasteiger partial charge on any atom is 0.451 e. The molecule has 0 fully saturated rings. The number of hydrogen-bond donors (Lipinski definition) is 0. The van der Waals surface area contributed by atoms with Gasteiger partial charge in [-0.15, -0.1) is 10.2 Å². The Morgan fingerprint density at radius 2 is 1.90 bits per heavy atom. The fourth-order valence-corrected chi connectivity index (χ4v) is 2.58. The van der Waals surface area contributed by atoms with Gasteiger partial charge in [0.25, 0.3) is 0 Å². The topological polar surface area (TPSA) is 34.0 Å². The molecule has 0 amide bonds. The fourth-order valence-electron chi connectivity index (χ4n) is 2.58. The highest BCUT2D eigenvalue weighted by atomic mass is 19.4. The Morgan fingerprint density at radius 1 is 1.14 bits per heavy atom. The van der Waals surface area contributed by atoms with Crippen LogP contribution < -0.4 is 0 Å². The first-order valence-corrected chi connectivity index (χ1v) is 6.71. The molecular formula is C14H15F3N4. The lowest BCUT2D eigenvalue weighted by Crippen LogP contribution is -2.35. The third kappa shape index (κ3) is 2.78. The van der Waals surface area contributed by atoms with Crippen LogP contribution >= 0.6 is 0 Å². The first kappa shape index (κ1) is 14.1. The second-order valence-electron chi connectivity index (χ2n) is 5.23. The zero-order valence-electron chi connectivity index (χ0n) is 11.6. The first-order chi connectivity index (χ1) is 9.95. The Balaban J connectivity index is 1.77. The van der Waals surface area contributed by atoms with Gasteiger partial charge >= 0.3 is 6.18 Å². The van der Waals surface area contributed by atoms with Gasteiger partial charge in [-0.05, 0) is 18.1 Å². The quantitative estimate of drug-likeness (QED) is 0.854. The molecule has 1 aromatic heterocycles. The molecular weight excluding hydrogens is 281 g/mol. The van der Waals surface area contributed by atoms with Gasteiger partial charge in [0.05, 0.1) is 6.54 Å². The van der Waals surface area contributed by atoms with E-state index in [0.717, 1.165) is 0 Å². The van der Waals surface area contributed by atoms with Crippen molar-refractivity contribution in [1.29, 1.82) is 0 Å². The van der Waals surface area contributed by atoms with E-state index < -0.39 is 12.0 Å². The van der Waals surface area contributed by atoms with Crippen molar-refractivity contribution in [2.45, 2.75) is 32.7 Å². The minimum absolute atomic E-state index is 0.267. The van der Waals surface area contributed by atoms with Crippen molar-refractivity contribution in [2.24, 2.45) is 0 Å². The first-order valence-electron chi connectivity index (χ1n) is 6.71. The summed E-state index contributed by atoms with van der Waals surface area (Å²) in [6, 6.07) is 8.01. The lowest BCUT2D eigenvalue weighted by molar-refractivity contribution is -0.148. The van der Waals surface area contributed by atoms with Crippen LogP contribution in [0.3, 0.4) is 0 Å². The number of aryl methyl sites for hydroxylation is 1. The molecule has 0 N–H and O–H groups in total. The van der Waals surface area contributed by atoms with Crippen molar-refractivity contribution in [3.05, 3.63) is 47.0 Å². The number of fused-ring (bicyclic) bond motifs is 1. The van der Waals surface area contributed by atoms with E-state index in [0.29, 0.717) is 25.5 Å². The highest BCUT2D eigenvalue weighted by Gasteiger charge is 2.39. The van der Waals surface area contributed by atoms with Crippen LogP contribution in [0.5, 0.6) is 0 Å². The highest BCUT2D eigenvalue weighted by Crippen LogP contribution is 2.29. The van der Waals surface area contributed by atoms with E-state index in [9.17, 15) is 13.2 Å². The Bertz CT molecular complexity index is 648. The van der Waals surface area contributed by atoms with Crippen molar-refractivity contribution >= 4 is 0 Å². The summed E-state index contributed by atoms with van der Waals surface area (Å²) >= 11 is 0. The monoisotopic (exact) mass is 296 g/mol. The molecule has 4 nitrogen and oxygen atoms in total. The van der Waals surface area contributed by atoms with Crippen LogP contribution in [0, 0.1) is 6.92 Å². The van der Waals surface area contributed by atoms with Crippen LogP contribution in [0.1, 0.15) is 22.8 Å². The van der Waals surface area contributed by atoms with Crippen LogP contribution in [0.2, 0.25) is 0 Å².